The van der Waals surface area contributed by atoms with E-state index in [1.54, 1.807) is 38.1 Å². The summed E-state index contributed by atoms with van der Waals surface area (Å²) in [5, 5.41) is 9.55. The van der Waals surface area contributed by atoms with E-state index in [1.165, 1.54) is 4.31 Å². The average Bonchev–Trinajstić information content (AvgIpc) is 2.52. The van der Waals surface area contributed by atoms with E-state index >= 15 is 0 Å². The zero-order valence-electron chi connectivity index (χ0n) is 13.8. The van der Waals surface area contributed by atoms with Crippen LogP contribution in [0.4, 0.5) is 0 Å². The number of carboxylic acids is 1. The van der Waals surface area contributed by atoms with Gasteiger partial charge >= 0.3 is 5.97 Å². The molecule has 0 amide bonds. The van der Waals surface area contributed by atoms with Gasteiger partial charge in [0.25, 0.3) is 0 Å². The van der Waals surface area contributed by atoms with E-state index in [0.29, 0.717) is 24.0 Å². The number of rotatable bonds is 7. The number of benzene rings is 1. The van der Waals surface area contributed by atoms with Crippen LogP contribution in [0.1, 0.15) is 19.5 Å². The first kappa shape index (κ1) is 18.7. The summed E-state index contributed by atoms with van der Waals surface area (Å²) in [6.45, 7) is 6.19. The second kappa shape index (κ2) is 7.50. The number of aromatic nitrogens is 1. The van der Waals surface area contributed by atoms with E-state index in [0.717, 1.165) is 22.4 Å². The summed E-state index contributed by atoms with van der Waals surface area (Å²) >= 11 is 1.16. The van der Waals surface area contributed by atoms with Crippen LogP contribution in [-0.4, -0.2) is 47.6 Å². The van der Waals surface area contributed by atoms with Crippen LogP contribution in [0.5, 0.6) is 0 Å². The van der Waals surface area contributed by atoms with Crippen LogP contribution >= 0.6 is 11.8 Å². The molecule has 0 fully saturated rings. The fourth-order valence-electron chi connectivity index (χ4n) is 2.43. The highest BCUT2D eigenvalue weighted by Gasteiger charge is 2.22. The van der Waals surface area contributed by atoms with Crippen molar-refractivity contribution in [3.05, 3.63) is 30.0 Å². The van der Waals surface area contributed by atoms with Crippen molar-refractivity contribution in [1.82, 2.24) is 9.29 Å². The predicted molar refractivity (Wildman–Crippen MR) is 94.9 cm³/mol. The predicted octanol–water partition coefficient (Wildman–Crippen LogP) is 2.75. The summed E-state index contributed by atoms with van der Waals surface area (Å²) in [4.78, 5) is 16.2. The Hall–Kier alpha value is -1.64. The Morgan fingerprint density at radius 1 is 1.25 bits per heavy atom. The first-order valence-corrected chi connectivity index (χ1v) is 9.98. The molecule has 6 nitrogen and oxygen atoms in total. The number of hydrogen-bond acceptors (Lipinski definition) is 5. The Bertz CT molecular complexity index is 862. The van der Waals surface area contributed by atoms with Gasteiger partial charge in [0, 0.05) is 29.1 Å². The lowest BCUT2D eigenvalue weighted by Crippen LogP contribution is -2.30. The third-order valence-electron chi connectivity index (χ3n) is 3.56. The van der Waals surface area contributed by atoms with Crippen LogP contribution in [-0.2, 0) is 14.8 Å². The molecule has 130 valence electrons. The number of aliphatic carboxylic acids is 1. The molecule has 0 unspecified atom stereocenters. The van der Waals surface area contributed by atoms with Crippen LogP contribution < -0.4 is 0 Å². The van der Waals surface area contributed by atoms with Gasteiger partial charge in [-0.15, -0.1) is 11.8 Å². The van der Waals surface area contributed by atoms with Gasteiger partial charge in [-0.1, -0.05) is 13.8 Å². The Labute approximate surface area is 145 Å². The number of sulfonamides is 1. The molecule has 0 atom stereocenters. The minimum Gasteiger partial charge on any atom is -0.481 e. The van der Waals surface area contributed by atoms with Crippen molar-refractivity contribution in [1.29, 1.82) is 0 Å². The van der Waals surface area contributed by atoms with E-state index in [-0.39, 0.29) is 10.6 Å². The normalized spacial score (nSPS) is 12.0. The molecule has 0 radical (unpaired) electrons. The number of hydrogen-bond donors (Lipinski definition) is 1. The first-order valence-electron chi connectivity index (χ1n) is 7.55. The van der Waals surface area contributed by atoms with Crippen molar-refractivity contribution in [2.45, 2.75) is 30.6 Å². The molecule has 8 heteroatoms. The number of aryl methyl sites for hydroxylation is 1. The molecule has 0 bridgehead atoms. The summed E-state index contributed by atoms with van der Waals surface area (Å²) in [6, 6.07) is 6.58. The number of thioether (sulfide) groups is 1. The number of carboxylic acid groups (broad SMARTS) is 1. The summed E-state index contributed by atoms with van der Waals surface area (Å²) in [5.74, 6) is -1.01. The largest absolute Gasteiger partial charge is 0.481 e. The third-order valence-corrected chi connectivity index (χ3v) is 6.65. The van der Waals surface area contributed by atoms with Crippen LogP contribution in [0.25, 0.3) is 10.9 Å². The molecule has 1 heterocycles. The first-order chi connectivity index (χ1) is 11.3. The maximum Gasteiger partial charge on any atom is 0.313 e. The molecule has 0 aliphatic rings. The minimum absolute atomic E-state index is 0.0917. The van der Waals surface area contributed by atoms with E-state index in [9.17, 15) is 13.2 Å². The summed E-state index contributed by atoms with van der Waals surface area (Å²) in [5.41, 5.74) is 1.41. The topological polar surface area (TPSA) is 87.6 Å². The van der Waals surface area contributed by atoms with Gasteiger partial charge in [-0.05, 0) is 31.2 Å². The SMILES string of the molecule is CCN(CC)S(=O)(=O)c1ccc2nc(C)cc(SCC(=O)O)c2c1. The maximum absolute atomic E-state index is 12.7. The quantitative estimate of drug-likeness (QED) is 0.756. The molecule has 0 spiro atoms. The van der Waals surface area contributed by atoms with Gasteiger partial charge in [0.1, 0.15) is 0 Å². The van der Waals surface area contributed by atoms with Crippen LogP contribution in [0, 0.1) is 6.92 Å². The second-order valence-electron chi connectivity index (χ2n) is 5.21. The average molecular weight is 368 g/mol. The Morgan fingerprint density at radius 3 is 2.50 bits per heavy atom. The van der Waals surface area contributed by atoms with Crippen molar-refractivity contribution < 1.29 is 18.3 Å². The van der Waals surface area contributed by atoms with E-state index in [4.69, 9.17) is 5.11 Å². The van der Waals surface area contributed by atoms with Gasteiger partial charge in [0.05, 0.1) is 16.2 Å². The molecule has 0 aliphatic carbocycles. The van der Waals surface area contributed by atoms with Crippen molar-refractivity contribution in [2.24, 2.45) is 0 Å². The van der Waals surface area contributed by atoms with Crippen molar-refractivity contribution >= 4 is 38.7 Å². The Balaban J connectivity index is 2.58. The molecule has 24 heavy (non-hydrogen) atoms. The standard InChI is InChI=1S/C16H20N2O4S2/c1-4-18(5-2)24(21,22)12-6-7-14-13(9-12)15(8-11(3)17-14)23-10-16(19)20/h6-9H,4-5,10H2,1-3H3,(H,19,20). The number of pyridine rings is 1. The Morgan fingerprint density at radius 2 is 1.92 bits per heavy atom. The van der Waals surface area contributed by atoms with Crippen LogP contribution in [0.3, 0.4) is 0 Å². The molecule has 0 saturated heterocycles. The number of nitrogens with zero attached hydrogens (tertiary/aromatic N) is 2. The lowest BCUT2D eigenvalue weighted by Gasteiger charge is -2.19. The summed E-state index contributed by atoms with van der Waals surface area (Å²) in [7, 11) is -3.57. The smallest absolute Gasteiger partial charge is 0.313 e. The number of fused-ring (bicyclic) bond motifs is 1. The highest BCUT2D eigenvalue weighted by Crippen LogP contribution is 2.30. The van der Waals surface area contributed by atoms with Crippen LogP contribution in [0.15, 0.2) is 34.1 Å². The van der Waals surface area contributed by atoms with Crippen molar-refractivity contribution in [2.75, 3.05) is 18.8 Å². The number of carbonyl (C=O) groups is 1. The zero-order chi connectivity index (χ0) is 17.9. The summed E-state index contributed by atoms with van der Waals surface area (Å²) < 4.78 is 26.8. The minimum atomic E-state index is -3.57. The molecular formula is C16H20N2O4S2. The van der Waals surface area contributed by atoms with Gasteiger partial charge in [-0.3, -0.25) is 9.78 Å². The van der Waals surface area contributed by atoms with Gasteiger partial charge in [-0.2, -0.15) is 4.31 Å². The molecule has 2 rings (SSSR count). The van der Waals surface area contributed by atoms with Gasteiger partial charge < -0.3 is 5.11 Å². The highest BCUT2D eigenvalue weighted by molar-refractivity contribution is 8.00. The third kappa shape index (κ3) is 3.88. The molecule has 1 N–H and O–H groups in total. The Kier molecular flexibility index (Phi) is 5.84. The van der Waals surface area contributed by atoms with Crippen molar-refractivity contribution in [3.8, 4) is 0 Å². The second-order valence-corrected chi connectivity index (χ2v) is 8.17. The highest BCUT2D eigenvalue weighted by atomic mass is 32.2. The van der Waals surface area contributed by atoms with Gasteiger partial charge in [-0.25, -0.2) is 8.42 Å². The molecule has 2 aromatic rings. The lowest BCUT2D eigenvalue weighted by atomic mass is 10.2. The lowest BCUT2D eigenvalue weighted by molar-refractivity contribution is -0.133. The van der Waals surface area contributed by atoms with Crippen LogP contribution in [0.2, 0.25) is 0 Å². The van der Waals surface area contributed by atoms with Gasteiger partial charge in [0.15, 0.2) is 0 Å². The molecule has 1 aromatic heterocycles. The van der Waals surface area contributed by atoms with E-state index in [1.807, 2.05) is 6.92 Å². The zero-order valence-corrected chi connectivity index (χ0v) is 15.4. The molecule has 0 saturated carbocycles. The maximum atomic E-state index is 12.7. The molecule has 1 aromatic carbocycles. The summed E-state index contributed by atoms with van der Waals surface area (Å²) in [6.07, 6.45) is 0. The van der Waals surface area contributed by atoms with E-state index in [2.05, 4.69) is 4.98 Å². The van der Waals surface area contributed by atoms with Gasteiger partial charge in [0.2, 0.25) is 10.0 Å². The van der Waals surface area contributed by atoms with E-state index < -0.39 is 16.0 Å². The molecule has 0 aliphatic heterocycles. The molecular weight excluding hydrogens is 348 g/mol. The fourth-order valence-corrected chi connectivity index (χ4v) is 4.77. The van der Waals surface area contributed by atoms with Crippen molar-refractivity contribution in [3.63, 3.8) is 0 Å². The monoisotopic (exact) mass is 368 g/mol. The fraction of sp³-hybridized carbons (Fsp3) is 0.375.